The first kappa shape index (κ1) is 13.8. The van der Waals surface area contributed by atoms with E-state index in [4.69, 9.17) is 5.73 Å². The zero-order chi connectivity index (χ0) is 14.5. The van der Waals surface area contributed by atoms with Crippen LogP contribution in [0.4, 0.5) is 11.8 Å². The summed E-state index contributed by atoms with van der Waals surface area (Å²) in [5, 5.41) is 3.46. The van der Waals surface area contributed by atoms with Gasteiger partial charge in [-0.1, -0.05) is 30.3 Å². The molecule has 2 heterocycles. The van der Waals surface area contributed by atoms with Crippen LogP contribution >= 0.6 is 0 Å². The Morgan fingerprint density at radius 2 is 2.10 bits per heavy atom. The molecule has 5 heteroatoms. The Morgan fingerprint density at radius 1 is 1.24 bits per heavy atom. The average molecular weight is 283 g/mol. The molecule has 1 aliphatic rings. The van der Waals surface area contributed by atoms with Gasteiger partial charge in [0.1, 0.15) is 5.82 Å². The summed E-state index contributed by atoms with van der Waals surface area (Å²) in [5.74, 6) is 1.13. The molecule has 0 bridgehead atoms. The Balaban J connectivity index is 1.58. The summed E-state index contributed by atoms with van der Waals surface area (Å²) in [6.07, 6.45) is 4.05. The molecule has 1 atom stereocenters. The normalized spacial score (nSPS) is 19.3. The SMILES string of the molecule is Nc1nccc(NC2CCCN(Cc3ccccc3)C2)n1. The number of hydrogen-bond acceptors (Lipinski definition) is 5. The first-order valence-electron chi connectivity index (χ1n) is 7.41. The molecular weight excluding hydrogens is 262 g/mol. The van der Waals surface area contributed by atoms with E-state index in [1.807, 2.05) is 6.07 Å². The van der Waals surface area contributed by atoms with Gasteiger partial charge < -0.3 is 11.1 Å². The summed E-state index contributed by atoms with van der Waals surface area (Å²) in [7, 11) is 0. The molecule has 1 aromatic heterocycles. The Morgan fingerprint density at radius 3 is 2.90 bits per heavy atom. The Labute approximate surface area is 125 Å². The summed E-state index contributed by atoms with van der Waals surface area (Å²) in [5.41, 5.74) is 6.99. The van der Waals surface area contributed by atoms with E-state index in [1.54, 1.807) is 6.20 Å². The fourth-order valence-corrected chi connectivity index (χ4v) is 2.82. The van der Waals surface area contributed by atoms with Gasteiger partial charge in [0, 0.05) is 25.3 Å². The first-order chi connectivity index (χ1) is 10.3. The van der Waals surface area contributed by atoms with Gasteiger partial charge in [-0.05, 0) is 31.0 Å². The van der Waals surface area contributed by atoms with Crippen LogP contribution in [0.15, 0.2) is 42.6 Å². The minimum Gasteiger partial charge on any atom is -0.368 e. The van der Waals surface area contributed by atoms with Gasteiger partial charge in [-0.25, -0.2) is 4.98 Å². The molecule has 1 aromatic carbocycles. The monoisotopic (exact) mass is 283 g/mol. The highest BCUT2D eigenvalue weighted by Crippen LogP contribution is 2.17. The van der Waals surface area contributed by atoms with E-state index < -0.39 is 0 Å². The Kier molecular flexibility index (Phi) is 4.31. The van der Waals surface area contributed by atoms with Crippen LogP contribution in [0.2, 0.25) is 0 Å². The molecule has 1 saturated heterocycles. The lowest BCUT2D eigenvalue weighted by atomic mass is 10.0. The predicted molar refractivity (Wildman–Crippen MR) is 84.8 cm³/mol. The number of nitrogens with one attached hydrogen (secondary N) is 1. The van der Waals surface area contributed by atoms with Crippen LogP contribution < -0.4 is 11.1 Å². The van der Waals surface area contributed by atoms with E-state index in [-0.39, 0.29) is 0 Å². The van der Waals surface area contributed by atoms with Gasteiger partial charge >= 0.3 is 0 Å². The maximum Gasteiger partial charge on any atom is 0.221 e. The summed E-state index contributed by atoms with van der Waals surface area (Å²) < 4.78 is 0. The molecule has 1 fully saturated rings. The molecule has 0 amide bonds. The van der Waals surface area contributed by atoms with Gasteiger partial charge in [0.05, 0.1) is 0 Å². The number of rotatable bonds is 4. The molecule has 3 rings (SSSR count). The van der Waals surface area contributed by atoms with Gasteiger partial charge in [0.25, 0.3) is 0 Å². The van der Waals surface area contributed by atoms with Gasteiger partial charge in [-0.15, -0.1) is 0 Å². The maximum atomic E-state index is 5.62. The van der Waals surface area contributed by atoms with Crippen molar-refractivity contribution >= 4 is 11.8 Å². The van der Waals surface area contributed by atoms with Gasteiger partial charge in [0.2, 0.25) is 5.95 Å². The topological polar surface area (TPSA) is 67.1 Å². The summed E-state index contributed by atoms with van der Waals surface area (Å²) >= 11 is 0. The number of aromatic nitrogens is 2. The second-order valence-corrected chi connectivity index (χ2v) is 5.50. The molecule has 1 aliphatic heterocycles. The predicted octanol–water partition coefficient (Wildman–Crippen LogP) is 2.14. The third-order valence-corrected chi connectivity index (χ3v) is 3.78. The second-order valence-electron chi connectivity index (χ2n) is 5.50. The minimum atomic E-state index is 0.317. The van der Waals surface area contributed by atoms with E-state index in [0.717, 1.165) is 31.9 Å². The third kappa shape index (κ3) is 3.92. The second kappa shape index (κ2) is 6.54. The molecule has 0 saturated carbocycles. The minimum absolute atomic E-state index is 0.317. The molecular formula is C16H21N5. The smallest absolute Gasteiger partial charge is 0.221 e. The van der Waals surface area contributed by atoms with E-state index in [0.29, 0.717) is 12.0 Å². The zero-order valence-corrected chi connectivity index (χ0v) is 12.1. The number of nitrogens with two attached hydrogens (primary N) is 1. The lowest BCUT2D eigenvalue weighted by Gasteiger charge is -2.33. The summed E-state index contributed by atoms with van der Waals surface area (Å²) in [6, 6.07) is 12.9. The van der Waals surface area contributed by atoms with Crippen molar-refractivity contribution < 1.29 is 0 Å². The van der Waals surface area contributed by atoms with Gasteiger partial charge in [-0.3, -0.25) is 4.90 Å². The molecule has 0 aliphatic carbocycles. The van der Waals surface area contributed by atoms with Crippen LogP contribution in [0, 0.1) is 0 Å². The summed E-state index contributed by atoms with van der Waals surface area (Å²) in [6.45, 7) is 3.18. The molecule has 3 N–H and O–H groups in total. The van der Waals surface area contributed by atoms with Crippen molar-refractivity contribution in [3.05, 3.63) is 48.2 Å². The van der Waals surface area contributed by atoms with Crippen molar-refractivity contribution in [3.63, 3.8) is 0 Å². The number of anilines is 2. The lowest BCUT2D eigenvalue weighted by Crippen LogP contribution is -2.41. The highest BCUT2D eigenvalue weighted by molar-refractivity contribution is 5.38. The van der Waals surface area contributed by atoms with E-state index >= 15 is 0 Å². The number of piperidine rings is 1. The number of nitrogens with zero attached hydrogens (tertiary/aromatic N) is 3. The number of likely N-dealkylation sites (tertiary alicyclic amines) is 1. The lowest BCUT2D eigenvalue weighted by molar-refractivity contribution is 0.208. The van der Waals surface area contributed by atoms with E-state index in [1.165, 1.54) is 12.0 Å². The fourth-order valence-electron chi connectivity index (χ4n) is 2.82. The largest absolute Gasteiger partial charge is 0.368 e. The van der Waals surface area contributed by atoms with Gasteiger partial charge in [-0.2, -0.15) is 4.98 Å². The number of hydrogen-bond donors (Lipinski definition) is 2. The van der Waals surface area contributed by atoms with E-state index in [2.05, 4.69) is 50.5 Å². The first-order valence-corrected chi connectivity index (χ1v) is 7.41. The van der Waals surface area contributed by atoms with Crippen LogP contribution in [0.5, 0.6) is 0 Å². The quantitative estimate of drug-likeness (QED) is 0.900. The van der Waals surface area contributed by atoms with Crippen LogP contribution in [0.1, 0.15) is 18.4 Å². The highest BCUT2D eigenvalue weighted by atomic mass is 15.2. The van der Waals surface area contributed by atoms with Gasteiger partial charge in [0.15, 0.2) is 0 Å². The molecule has 5 nitrogen and oxygen atoms in total. The van der Waals surface area contributed by atoms with E-state index in [9.17, 15) is 0 Å². The number of nitrogen functional groups attached to an aromatic ring is 1. The highest BCUT2D eigenvalue weighted by Gasteiger charge is 2.20. The summed E-state index contributed by atoms with van der Waals surface area (Å²) in [4.78, 5) is 10.6. The van der Waals surface area contributed by atoms with Crippen molar-refractivity contribution in [1.82, 2.24) is 14.9 Å². The van der Waals surface area contributed by atoms with Crippen molar-refractivity contribution in [3.8, 4) is 0 Å². The fraction of sp³-hybridized carbons (Fsp3) is 0.375. The maximum absolute atomic E-state index is 5.62. The van der Waals surface area contributed by atoms with Crippen LogP contribution in [-0.2, 0) is 6.54 Å². The molecule has 1 unspecified atom stereocenters. The van der Waals surface area contributed by atoms with Crippen molar-refractivity contribution in [2.75, 3.05) is 24.1 Å². The van der Waals surface area contributed by atoms with Crippen LogP contribution in [-0.4, -0.2) is 34.0 Å². The van der Waals surface area contributed by atoms with Crippen molar-refractivity contribution in [1.29, 1.82) is 0 Å². The molecule has 21 heavy (non-hydrogen) atoms. The molecule has 0 spiro atoms. The zero-order valence-electron chi connectivity index (χ0n) is 12.1. The molecule has 2 aromatic rings. The molecule has 0 radical (unpaired) electrons. The van der Waals surface area contributed by atoms with Crippen molar-refractivity contribution in [2.45, 2.75) is 25.4 Å². The Hall–Kier alpha value is -2.14. The Bertz CT molecular complexity index is 572. The average Bonchev–Trinajstić information content (AvgIpc) is 2.49. The standard InChI is InChI=1S/C16H21N5/c17-16-18-9-8-15(20-16)19-14-7-4-10-21(12-14)11-13-5-2-1-3-6-13/h1-3,5-6,8-9,14H,4,7,10-12H2,(H3,17,18,19,20). The van der Waals surface area contributed by atoms with Crippen molar-refractivity contribution in [2.24, 2.45) is 0 Å². The van der Waals surface area contributed by atoms with Crippen LogP contribution in [0.25, 0.3) is 0 Å². The third-order valence-electron chi connectivity index (χ3n) is 3.78. The molecule has 110 valence electrons. The van der Waals surface area contributed by atoms with Crippen LogP contribution in [0.3, 0.4) is 0 Å². The number of benzene rings is 1.